The minimum atomic E-state index is 0.134. The zero-order valence-electron chi connectivity index (χ0n) is 16.2. The molecule has 1 N–H and O–H groups in total. The van der Waals surface area contributed by atoms with Crippen LogP contribution >= 0.6 is 11.6 Å². The fourth-order valence-corrected chi connectivity index (χ4v) is 3.90. The monoisotopic (exact) mass is 379 g/mol. The van der Waals surface area contributed by atoms with E-state index in [1.807, 2.05) is 13.0 Å². The lowest BCUT2D eigenvalue weighted by molar-refractivity contribution is 0.237. The molecule has 1 saturated heterocycles. The van der Waals surface area contributed by atoms with Gasteiger partial charge in [0, 0.05) is 31.1 Å². The van der Waals surface area contributed by atoms with Gasteiger partial charge in [0.1, 0.15) is 0 Å². The van der Waals surface area contributed by atoms with Gasteiger partial charge in [-0.25, -0.2) is 0 Å². The number of nitrogens with one attached hydrogen (secondary N) is 1. The fraction of sp³-hybridized carbons (Fsp3) is 0.650. The van der Waals surface area contributed by atoms with Gasteiger partial charge in [-0.05, 0) is 37.1 Å². The molecule has 2 atom stereocenters. The van der Waals surface area contributed by atoms with E-state index in [2.05, 4.69) is 42.3 Å². The van der Waals surface area contributed by atoms with Gasteiger partial charge in [0.2, 0.25) is 0 Å². The highest BCUT2D eigenvalue weighted by atomic mass is 35.5. The summed E-state index contributed by atoms with van der Waals surface area (Å²) in [4.78, 5) is 2.48. The van der Waals surface area contributed by atoms with Crippen LogP contribution in [-0.2, 0) is 0 Å². The Morgan fingerprint density at radius 1 is 1.31 bits per heavy atom. The average molecular weight is 380 g/mol. The van der Waals surface area contributed by atoms with Crippen LogP contribution < -0.4 is 14.9 Å². The molecule has 2 heterocycles. The molecular weight excluding hydrogens is 350 g/mol. The van der Waals surface area contributed by atoms with Crippen molar-refractivity contribution in [2.75, 3.05) is 32.8 Å². The highest BCUT2D eigenvalue weighted by Crippen LogP contribution is 2.41. The van der Waals surface area contributed by atoms with Crippen molar-refractivity contribution >= 4 is 17.3 Å². The van der Waals surface area contributed by atoms with E-state index >= 15 is 0 Å². The molecule has 1 fully saturated rings. The third kappa shape index (κ3) is 4.09. The summed E-state index contributed by atoms with van der Waals surface area (Å²) < 4.78 is 11.8. The summed E-state index contributed by atoms with van der Waals surface area (Å²) in [6.45, 7) is 12.8. The number of hydrogen-bond acceptors (Lipinski definition) is 5. The number of fused-ring (bicyclic) bond motifs is 1. The Balaban J connectivity index is 1.86. The summed E-state index contributed by atoms with van der Waals surface area (Å²) in [5.41, 5.74) is 5.71. The summed E-state index contributed by atoms with van der Waals surface area (Å²) in [6, 6.07) is 4.20. The minimum absolute atomic E-state index is 0.134. The highest BCUT2D eigenvalue weighted by Gasteiger charge is 2.37. The Kier molecular flexibility index (Phi) is 6.30. The first-order valence-corrected chi connectivity index (χ1v) is 10.0. The maximum Gasteiger partial charge on any atom is 0.179 e. The lowest BCUT2D eigenvalue weighted by Gasteiger charge is -2.33. The lowest BCUT2D eigenvalue weighted by Crippen LogP contribution is -2.41. The van der Waals surface area contributed by atoms with Crippen molar-refractivity contribution in [1.29, 1.82) is 0 Å². The van der Waals surface area contributed by atoms with Crippen LogP contribution in [0, 0.1) is 11.8 Å². The molecule has 1 aromatic carbocycles. The second kappa shape index (κ2) is 8.49. The number of hydrazone groups is 1. The molecular formula is C20H30ClN3O2. The molecule has 2 aliphatic rings. The first-order chi connectivity index (χ1) is 12.5. The van der Waals surface area contributed by atoms with Crippen LogP contribution in [0.25, 0.3) is 0 Å². The third-order valence-corrected chi connectivity index (χ3v) is 5.30. The zero-order chi connectivity index (χ0) is 18.7. The van der Waals surface area contributed by atoms with E-state index in [1.54, 1.807) is 0 Å². The van der Waals surface area contributed by atoms with Crippen LogP contribution in [0.4, 0.5) is 0 Å². The molecule has 26 heavy (non-hydrogen) atoms. The van der Waals surface area contributed by atoms with E-state index in [0.29, 0.717) is 41.6 Å². The maximum absolute atomic E-state index is 6.58. The minimum Gasteiger partial charge on any atom is -0.490 e. The SMILES string of the molecule is CCOc1cc(C2NN=C3CCN(CC)CC32)cc(Cl)c1OCC(C)C. The van der Waals surface area contributed by atoms with Gasteiger partial charge in [0.25, 0.3) is 0 Å². The molecule has 0 spiro atoms. The van der Waals surface area contributed by atoms with E-state index in [0.717, 1.165) is 31.6 Å². The van der Waals surface area contributed by atoms with Crippen molar-refractivity contribution in [2.45, 2.75) is 40.2 Å². The number of nitrogens with zero attached hydrogens (tertiary/aromatic N) is 2. The first kappa shape index (κ1) is 19.3. The Morgan fingerprint density at radius 2 is 2.12 bits per heavy atom. The fourth-order valence-electron chi connectivity index (χ4n) is 3.63. The third-order valence-electron chi connectivity index (χ3n) is 5.02. The lowest BCUT2D eigenvalue weighted by atomic mass is 9.86. The Morgan fingerprint density at radius 3 is 2.81 bits per heavy atom. The van der Waals surface area contributed by atoms with Crippen LogP contribution in [0.5, 0.6) is 11.5 Å². The summed E-state index contributed by atoms with van der Waals surface area (Å²) in [7, 11) is 0. The molecule has 5 nitrogen and oxygen atoms in total. The molecule has 0 bridgehead atoms. The van der Waals surface area contributed by atoms with E-state index in [-0.39, 0.29) is 6.04 Å². The smallest absolute Gasteiger partial charge is 0.179 e. The molecule has 0 aliphatic carbocycles. The first-order valence-electron chi connectivity index (χ1n) is 9.66. The van der Waals surface area contributed by atoms with E-state index in [9.17, 15) is 0 Å². The van der Waals surface area contributed by atoms with Crippen LogP contribution in [-0.4, -0.2) is 43.5 Å². The molecule has 144 valence electrons. The summed E-state index contributed by atoms with van der Waals surface area (Å²) in [5, 5.41) is 5.20. The molecule has 0 amide bonds. The Hall–Kier alpha value is -1.46. The summed E-state index contributed by atoms with van der Waals surface area (Å²) in [6.07, 6.45) is 1.03. The van der Waals surface area contributed by atoms with Crippen molar-refractivity contribution in [3.8, 4) is 11.5 Å². The number of piperidine rings is 1. The molecule has 0 radical (unpaired) electrons. The number of rotatable bonds is 7. The number of ether oxygens (including phenoxy) is 2. The van der Waals surface area contributed by atoms with Gasteiger partial charge in [-0.3, -0.25) is 0 Å². The van der Waals surface area contributed by atoms with Crippen LogP contribution in [0.15, 0.2) is 17.2 Å². The van der Waals surface area contributed by atoms with Crippen molar-refractivity contribution in [3.05, 3.63) is 22.7 Å². The number of halogens is 1. The molecule has 2 unspecified atom stereocenters. The molecule has 6 heteroatoms. The van der Waals surface area contributed by atoms with Crippen molar-refractivity contribution < 1.29 is 9.47 Å². The molecule has 0 saturated carbocycles. The molecule has 1 aromatic rings. The van der Waals surface area contributed by atoms with Gasteiger partial charge < -0.3 is 19.8 Å². The van der Waals surface area contributed by atoms with Crippen molar-refractivity contribution in [1.82, 2.24) is 10.3 Å². The Bertz CT molecular complexity index is 663. The Labute approximate surface area is 161 Å². The van der Waals surface area contributed by atoms with Gasteiger partial charge in [0.05, 0.1) is 24.3 Å². The van der Waals surface area contributed by atoms with Crippen LogP contribution in [0.2, 0.25) is 5.02 Å². The molecule has 3 rings (SSSR count). The quantitative estimate of drug-likeness (QED) is 0.774. The van der Waals surface area contributed by atoms with Gasteiger partial charge in [-0.15, -0.1) is 0 Å². The van der Waals surface area contributed by atoms with Gasteiger partial charge in [-0.1, -0.05) is 32.4 Å². The summed E-state index contributed by atoms with van der Waals surface area (Å²) >= 11 is 6.58. The predicted molar refractivity (Wildman–Crippen MR) is 106 cm³/mol. The van der Waals surface area contributed by atoms with Crippen molar-refractivity contribution in [3.63, 3.8) is 0 Å². The number of benzene rings is 1. The van der Waals surface area contributed by atoms with Crippen LogP contribution in [0.3, 0.4) is 0 Å². The maximum atomic E-state index is 6.58. The van der Waals surface area contributed by atoms with Crippen LogP contribution in [0.1, 0.15) is 45.7 Å². The van der Waals surface area contributed by atoms with Crippen molar-refractivity contribution in [2.24, 2.45) is 16.9 Å². The average Bonchev–Trinajstić information content (AvgIpc) is 3.03. The molecule has 0 aromatic heterocycles. The largest absolute Gasteiger partial charge is 0.490 e. The number of likely N-dealkylation sites (tertiary alicyclic amines) is 1. The van der Waals surface area contributed by atoms with Gasteiger partial charge >= 0.3 is 0 Å². The van der Waals surface area contributed by atoms with E-state index in [4.69, 9.17) is 21.1 Å². The van der Waals surface area contributed by atoms with E-state index in [1.165, 1.54) is 5.71 Å². The second-order valence-corrected chi connectivity index (χ2v) is 7.83. The predicted octanol–water partition coefficient (Wildman–Crippen LogP) is 4.12. The zero-order valence-corrected chi connectivity index (χ0v) is 17.0. The normalized spacial score (nSPS) is 22.8. The highest BCUT2D eigenvalue weighted by molar-refractivity contribution is 6.32. The topological polar surface area (TPSA) is 46.1 Å². The second-order valence-electron chi connectivity index (χ2n) is 7.43. The molecule has 2 aliphatic heterocycles. The standard InChI is InChI=1S/C20H30ClN3O2/c1-5-24-8-7-17-15(11-24)19(23-22-17)14-9-16(21)20(26-12-13(3)4)18(10-14)25-6-2/h9-10,13,15,19,23H,5-8,11-12H2,1-4H3. The van der Waals surface area contributed by atoms with E-state index < -0.39 is 0 Å². The van der Waals surface area contributed by atoms with Gasteiger partial charge in [-0.2, -0.15) is 5.10 Å². The van der Waals surface area contributed by atoms with Gasteiger partial charge in [0.15, 0.2) is 11.5 Å². The number of hydrogen-bond donors (Lipinski definition) is 1. The summed E-state index contributed by atoms with van der Waals surface area (Å²) in [5.74, 6) is 2.17.